The van der Waals surface area contributed by atoms with Crippen molar-refractivity contribution in [1.82, 2.24) is 4.90 Å². The number of halogens is 1. The van der Waals surface area contributed by atoms with Crippen LogP contribution >= 0.6 is 11.6 Å². The largest absolute Gasteiger partial charge is 0.497 e. The minimum Gasteiger partial charge on any atom is -0.497 e. The Kier molecular flexibility index (Phi) is 5.99. The van der Waals surface area contributed by atoms with Gasteiger partial charge in [0.05, 0.1) is 19.2 Å². The number of benzene rings is 2. The van der Waals surface area contributed by atoms with Crippen LogP contribution < -0.4 is 9.64 Å². The van der Waals surface area contributed by atoms with E-state index in [0.29, 0.717) is 29.4 Å². The van der Waals surface area contributed by atoms with Crippen LogP contribution in [0.3, 0.4) is 0 Å². The lowest BCUT2D eigenvalue weighted by molar-refractivity contribution is -0.136. The number of rotatable bonds is 6. The minimum absolute atomic E-state index is 0.0228. The van der Waals surface area contributed by atoms with Crippen LogP contribution in [0.4, 0.5) is 5.69 Å². The van der Waals surface area contributed by atoms with Gasteiger partial charge in [0.1, 0.15) is 11.8 Å². The molecule has 28 heavy (non-hydrogen) atoms. The van der Waals surface area contributed by atoms with Crippen molar-refractivity contribution in [3.05, 3.63) is 59.1 Å². The summed E-state index contributed by atoms with van der Waals surface area (Å²) in [5, 5.41) is 0.638. The molecule has 1 aliphatic heterocycles. The van der Waals surface area contributed by atoms with E-state index in [-0.39, 0.29) is 24.1 Å². The zero-order valence-electron chi connectivity index (χ0n) is 15.7. The molecule has 3 amide bonds. The van der Waals surface area contributed by atoms with Crippen LogP contribution in [0.15, 0.2) is 48.5 Å². The first kappa shape index (κ1) is 19.9. The molecule has 1 heterocycles. The molecule has 0 bridgehead atoms. The number of hydrogen-bond acceptors (Lipinski definition) is 4. The number of nitrogens with zero attached hydrogens (tertiary/aromatic N) is 2. The van der Waals surface area contributed by atoms with Crippen molar-refractivity contribution >= 4 is 35.0 Å². The Morgan fingerprint density at radius 1 is 1.14 bits per heavy atom. The maximum atomic E-state index is 12.9. The highest BCUT2D eigenvalue weighted by atomic mass is 35.5. The molecule has 0 saturated carbocycles. The summed E-state index contributed by atoms with van der Waals surface area (Å²) in [6.07, 6.45) is 0.544. The van der Waals surface area contributed by atoms with Crippen LogP contribution in [0.25, 0.3) is 0 Å². The summed E-state index contributed by atoms with van der Waals surface area (Å²) in [6, 6.07) is 13.2. The van der Waals surface area contributed by atoms with Gasteiger partial charge in [-0.3, -0.25) is 14.4 Å². The summed E-state index contributed by atoms with van der Waals surface area (Å²) < 4.78 is 5.11. The van der Waals surface area contributed by atoms with Crippen molar-refractivity contribution in [1.29, 1.82) is 0 Å². The van der Waals surface area contributed by atoms with Gasteiger partial charge in [-0.25, -0.2) is 4.90 Å². The quantitative estimate of drug-likeness (QED) is 0.699. The summed E-state index contributed by atoms with van der Waals surface area (Å²) in [4.78, 5) is 40.2. The fraction of sp³-hybridized carbons (Fsp3) is 0.286. The predicted molar refractivity (Wildman–Crippen MR) is 106 cm³/mol. The molecule has 1 fully saturated rings. The number of anilines is 1. The topological polar surface area (TPSA) is 66.9 Å². The number of amides is 3. The highest BCUT2D eigenvalue weighted by molar-refractivity contribution is 6.30. The van der Waals surface area contributed by atoms with Crippen molar-refractivity contribution < 1.29 is 19.1 Å². The van der Waals surface area contributed by atoms with E-state index in [1.165, 1.54) is 11.8 Å². The molecule has 146 valence electrons. The fourth-order valence-corrected chi connectivity index (χ4v) is 3.42. The van der Waals surface area contributed by atoms with Gasteiger partial charge >= 0.3 is 0 Å². The van der Waals surface area contributed by atoms with Gasteiger partial charge in [0.2, 0.25) is 11.8 Å². The molecule has 2 aromatic rings. The Morgan fingerprint density at radius 2 is 1.79 bits per heavy atom. The Balaban J connectivity index is 1.75. The average molecular weight is 401 g/mol. The van der Waals surface area contributed by atoms with Crippen molar-refractivity contribution in [2.24, 2.45) is 0 Å². The number of carbonyl (C=O) groups excluding carboxylic acids is 3. The molecule has 1 saturated heterocycles. The zero-order valence-corrected chi connectivity index (χ0v) is 16.5. The highest BCUT2D eigenvalue weighted by Gasteiger charge is 2.43. The lowest BCUT2D eigenvalue weighted by Crippen LogP contribution is -2.45. The van der Waals surface area contributed by atoms with Gasteiger partial charge in [-0.1, -0.05) is 23.7 Å². The van der Waals surface area contributed by atoms with Gasteiger partial charge in [-0.05, 0) is 48.4 Å². The lowest BCUT2D eigenvalue weighted by Gasteiger charge is -2.26. The molecule has 1 unspecified atom stereocenters. The van der Waals surface area contributed by atoms with Gasteiger partial charge in [0, 0.05) is 18.5 Å². The van der Waals surface area contributed by atoms with Gasteiger partial charge in [-0.15, -0.1) is 0 Å². The smallest absolute Gasteiger partial charge is 0.257 e. The molecule has 0 N–H and O–H groups in total. The Bertz CT molecular complexity index is 880. The van der Waals surface area contributed by atoms with Crippen LogP contribution in [-0.4, -0.2) is 42.3 Å². The molecule has 0 aliphatic carbocycles. The zero-order chi connectivity index (χ0) is 20.3. The molecule has 3 rings (SSSR count). The number of methoxy groups -OCH3 is 1. The van der Waals surface area contributed by atoms with Crippen molar-refractivity contribution in [3.8, 4) is 5.75 Å². The van der Waals surface area contributed by atoms with Crippen LogP contribution in [0.2, 0.25) is 5.02 Å². The third kappa shape index (κ3) is 4.17. The van der Waals surface area contributed by atoms with E-state index < -0.39 is 6.04 Å². The Hall–Kier alpha value is -2.86. The summed E-state index contributed by atoms with van der Waals surface area (Å²) in [7, 11) is 1.54. The minimum atomic E-state index is -0.792. The normalized spacial score (nSPS) is 16.4. The maximum absolute atomic E-state index is 12.9. The predicted octanol–water partition coefficient (Wildman–Crippen LogP) is 3.07. The van der Waals surface area contributed by atoms with E-state index in [1.807, 2.05) is 12.1 Å². The van der Waals surface area contributed by atoms with E-state index in [0.717, 1.165) is 10.5 Å². The SMILES string of the molecule is COc1ccc(N2C(=O)CC(N(CCc3ccc(Cl)cc3)C(C)=O)C2=O)cc1. The fourth-order valence-electron chi connectivity index (χ4n) is 3.30. The molecular weight excluding hydrogens is 380 g/mol. The monoisotopic (exact) mass is 400 g/mol. The number of ether oxygens (including phenoxy) is 1. The molecule has 0 spiro atoms. The molecule has 0 radical (unpaired) electrons. The van der Waals surface area contributed by atoms with Crippen molar-refractivity contribution in [2.45, 2.75) is 25.8 Å². The second-order valence-corrected chi connectivity index (χ2v) is 7.01. The second-order valence-electron chi connectivity index (χ2n) is 6.57. The standard InChI is InChI=1S/C21H21ClN2O4/c1-14(25)23(12-11-15-3-5-16(22)6-4-15)19-13-20(26)24(21(19)27)17-7-9-18(28-2)10-8-17/h3-10,19H,11-13H2,1-2H3. The number of carbonyl (C=O) groups is 3. The van der Waals surface area contributed by atoms with Crippen LogP contribution in [0.5, 0.6) is 5.75 Å². The summed E-state index contributed by atoms with van der Waals surface area (Å²) >= 11 is 5.90. The molecule has 7 heteroatoms. The average Bonchev–Trinajstić information content (AvgIpc) is 2.97. The third-order valence-corrected chi connectivity index (χ3v) is 5.04. The molecule has 2 aromatic carbocycles. The Morgan fingerprint density at radius 3 is 2.36 bits per heavy atom. The van der Waals surface area contributed by atoms with E-state index in [1.54, 1.807) is 43.5 Å². The van der Waals surface area contributed by atoms with E-state index >= 15 is 0 Å². The molecular formula is C21H21ClN2O4. The lowest BCUT2D eigenvalue weighted by atomic mass is 10.1. The first-order valence-corrected chi connectivity index (χ1v) is 9.31. The molecule has 1 aliphatic rings. The van der Waals surface area contributed by atoms with Crippen molar-refractivity contribution in [3.63, 3.8) is 0 Å². The van der Waals surface area contributed by atoms with Gasteiger partial charge in [0.25, 0.3) is 5.91 Å². The van der Waals surface area contributed by atoms with E-state index in [4.69, 9.17) is 16.3 Å². The second kappa shape index (κ2) is 8.44. The number of imide groups is 1. The van der Waals surface area contributed by atoms with Crippen LogP contribution in [0, 0.1) is 0 Å². The highest BCUT2D eigenvalue weighted by Crippen LogP contribution is 2.27. The molecule has 0 aromatic heterocycles. The molecule has 6 nitrogen and oxygen atoms in total. The van der Waals surface area contributed by atoms with E-state index in [9.17, 15) is 14.4 Å². The molecule has 1 atom stereocenters. The van der Waals surface area contributed by atoms with Crippen molar-refractivity contribution in [2.75, 3.05) is 18.6 Å². The maximum Gasteiger partial charge on any atom is 0.257 e. The number of hydrogen-bond donors (Lipinski definition) is 0. The first-order chi connectivity index (χ1) is 13.4. The van der Waals surface area contributed by atoms with Crippen LogP contribution in [-0.2, 0) is 20.8 Å². The van der Waals surface area contributed by atoms with Gasteiger partial charge in [-0.2, -0.15) is 0 Å². The summed E-state index contributed by atoms with van der Waals surface area (Å²) in [5.74, 6) is -0.316. The first-order valence-electron chi connectivity index (χ1n) is 8.93. The Labute approximate surface area is 168 Å². The third-order valence-electron chi connectivity index (χ3n) is 4.79. The summed E-state index contributed by atoms with van der Waals surface area (Å²) in [5.41, 5.74) is 1.47. The van der Waals surface area contributed by atoms with Gasteiger partial charge < -0.3 is 9.64 Å². The summed E-state index contributed by atoms with van der Waals surface area (Å²) in [6.45, 7) is 1.76. The van der Waals surface area contributed by atoms with Gasteiger partial charge in [0.15, 0.2) is 0 Å². The van der Waals surface area contributed by atoms with E-state index in [2.05, 4.69) is 0 Å². The van der Waals surface area contributed by atoms with Crippen LogP contribution in [0.1, 0.15) is 18.9 Å².